The molecule has 0 aliphatic carbocycles. The van der Waals surface area contributed by atoms with Crippen LogP contribution < -0.4 is 21.3 Å². The number of hydrogen-bond donors (Lipinski definition) is 2. The van der Waals surface area contributed by atoms with Crippen molar-refractivity contribution < 1.29 is 13.6 Å². The first-order valence-electron chi connectivity index (χ1n) is 10.5. The van der Waals surface area contributed by atoms with Gasteiger partial charge in [-0.15, -0.1) is 0 Å². The zero-order valence-corrected chi connectivity index (χ0v) is 17.8. The van der Waals surface area contributed by atoms with Crippen LogP contribution in [0.3, 0.4) is 0 Å². The van der Waals surface area contributed by atoms with E-state index in [0.717, 1.165) is 11.8 Å². The standard InChI is InChI=1S/C25H19F2N5O2/c1-2-22(33)30-21-13-17(5-7-18(21)25(26)27)32-23(34)9-4-15-14-28-20-8-6-16(12-19(20)24(15)32)31-11-3-10-29-31/h2-9,11-14,25,29H,1,10H2,(H,30,33). The summed E-state index contributed by atoms with van der Waals surface area (Å²) in [4.78, 5) is 29.4. The van der Waals surface area contributed by atoms with Crippen molar-refractivity contribution in [2.75, 3.05) is 16.9 Å². The highest BCUT2D eigenvalue weighted by molar-refractivity contribution is 6.05. The van der Waals surface area contributed by atoms with Crippen molar-refractivity contribution in [3.63, 3.8) is 0 Å². The highest BCUT2D eigenvalue weighted by Gasteiger charge is 2.18. The third kappa shape index (κ3) is 3.71. The van der Waals surface area contributed by atoms with E-state index in [1.807, 2.05) is 35.5 Å². The molecule has 1 aliphatic rings. The van der Waals surface area contributed by atoms with Crippen LogP contribution >= 0.6 is 0 Å². The molecule has 0 atom stereocenters. The van der Waals surface area contributed by atoms with Crippen LogP contribution in [0.25, 0.3) is 27.5 Å². The van der Waals surface area contributed by atoms with Crippen LogP contribution in [0.4, 0.5) is 20.2 Å². The lowest BCUT2D eigenvalue weighted by molar-refractivity contribution is -0.111. The van der Waals surface area contributed by atoms with Gasteiger partial charge in [0.1, 0.15) is 0 Å². The maximum atomic E-state index is 13.6. The van der Waals surface area contributed by atoms with E-state index in [9.17, 15) is 18.4 Å². The Bertz CT molecular complexity index is 1540. The summed E-state index contributed by atoms with van der Waals surface area (Å²) in [6.07, 6.45) is 3.73. The number of alkyl halides is 2. The summed E-state index contributed by atoms with van der Waals surface area (Å²) < 4.78 is 28.6. The van der Waals surface area contributed by atoms with Crippen LogP contribution in [-0.2, 0) is 4.79 Å². The summed E-state index contributed by atoms with van der Waals surface area (Å²) in [5, 5.41) is 5.69. The number of aromatic nitrogens is 2. The van der Waals surface area contributed by atoms with Crippen molar-refractivity contribution in [3.05, 3.63) is 95.6 Å². The maximum absolute atomic E-state index is 13.6. The first-order chi connectivity index (χ1) is 16.5. The van der Waals surface area contributed by atoms with E-state index in [1.54, 1.807) is 12.3 Å². The van der Waals surface area contributed by atoms with E-state index in [4.69, 9.17) is 0 Å². The average Bonchev–Trinajstić information content (AvgIpc) is 3.38. The van der Waals surface area contributed by atoms with Gasteiger partial charge in [-0.2, -0.15) is 0 Å². The number of carbonyl (C=O) groups is 1. The molecule has 0 fully saturated rings. The predicted molar refractivity (Wildman–Crippen MR) is 128 cm³/mol. The number of nitrogens with one attached hydrogen (secondary N) is 2. The highest BCUT2D eigenvalue weighted by atomic mass is 19.3. The number of halogens is 2. The molecule has 4 aromatic rings. The summed E-state index contributed by atoms with van der Waals surface area (Å²) in [5.41, 5.74) is 4.84. The first kappa shape index (κ1) is 21.5. The highest BCUT2D eigenvalue weighted by Crippen LogP contribution is 2.32. The molecule has 1 amide bonds. The lowest BCUT2D eigenvalue weighted by Crippen LogP contribution is -2.28. The molecule has 0 saturated carbocycles. The Morgan fingerprint density at radius 1 is 1.15 bits per heavy atom. The van der Waals surface area contributed by atoms with Gasteiger partial charge in [-0.05, 0) is 48.5 Å². The van der Waals surface area contributed by atoms with Gasteiger partial charge in [0.25, 0.3) is 12.0 Å². The van der Waals surface area contributed by atoms with Crippen molar-refractivity contribution in [1.82, 2.24) is 15.0 Å². The van der Waals surface area contributed by atoms with Crippen molar-refractivity contribution in [1.29, 1.82) is 0 Å². The van der Waals surface area contributed by atoms with E-state index in [2.05, 4.69) is 22.3 Å². The summed E-state index contributed by atoms with van der Waals surface area (Å²) in [6.45, 7) is 4.07. The Morgan fingerprint density at radius 3 is 2.71 bits per heavy atom. The molecule has 2 aromatic heterocycles. The minimum absolute atomic E-state index is 0.0910. The lowest BCUT2D eigenvalue weighted by atomic mass is 10.1. The number of benzene rings is 2. The number of pyridine rings is 2. The minimum atomic E-state index is -2.81. The van der Waals surface area contributed by atoms with E-state index >= 15 is 0 Å². The molecule has 0 radical (unpaired) electrons. The van der Waals surface area contributed by atoms with Gasteiger partial charge in [-0.1, -0.05) is 12.7 Å². The molecule has 34 heavy (non-hydrogen) atoms. The van der Waals surface area contributed by atoms with Crippen LogP contribution in [0.1, 0.15) is 12.0 Å². The summed E-state index contributed by atoms with van der Waals surface area (Å²) in [6, 6.07) is 12.8. The molecule has 2 N–H and O–H groups in total. The second-order valence-electron chi connectivity index (χ2n) is 7.65. The first-order valence-corrected chi connectivity index (χ1v) is 10.5. The summed E-state index contributed by atoms with van der Waals surface area (Å²) >= 11 is 0. The summed E-state index contributed by atoms with van der Waals surface area (Å²) in [7, 11) is 0. The van der Waals surface area contributed by atoms with Gasteiger partial charge in [0.05, 0.1) is 28.1 Å². The quantitative estimate of drug-likeness (QED) is 0.341. The monoisotopic (exact) mass is 459 g/mol. The molecule has 0 spiro atoms. The lowest BCUT2D eigenvalue weighted by Gasteiger charge is -2.18. The van der Waals surface area contributed by atoms with Gasteiger partial charge in [0.15, 0.2) is 0 Å². The molecule has 170 valence electrons. The fourth-order valence-electron chi connectivity index (χ4n) is 4.01. The van der Waals surface area contributed by atoms with E-state index in [0.29, 0.717) is 34.0 Å². The number of rotatable bonds is 5. The van der Waals surface area contributed by atoms with Crippen molar-refractivity contribution in [3.8, 4) is 5.69 Å². The number of nitrogens with zero attached hydrogens (tertiary/aromatic N) is 3. The van der Waals surface area contributed by atoms with Gasteiger partial charge < -0.3 is 5.32 Å². The van der Waals surface area contributed by atoms with Gasteiger partial charge in [0.2, 0.25) is 5.91 Å². The fraction of sp³-hybridized carbons (Fsp3) is 0.0800. The van der Waals surface area contributed by atoms with E-state index < -0.39 is 12.3 Å². The smallest absolute Gasteiger partial charge is 0.265 e. The zero-order valence-electron chi connectivity index (χ0n) is 17.8. The van der Waals surface area contributed by atoms with Crippen molar-refractivity contribution >= 4 is 39.1 Å². The van der Waals surface area contributed by atoms with Crippen LogP contribution in [0.5, 0.6) is 0 Å². The molecule has 7 nitrogen and oxygen atoms in total. The molecule has 5 rings (SSSR count). The Balaban J connectivity index is 1.78. The van der Waals surface area contributed by atoms with Gasteiger partial charge in [-0.3, -0.25) is 24.1 Å². The van der Waals surface area contributed by atoms with Crippen LogP contribution in [0.15, 0.2) is 84.5 Å². The Labute approximate surface area is 192 Å². The van der Waals surface area contributed by atoms with E-state index in [-0.39, 0.29) is 16.8 Å². The predicted octanol–water partition coefficient (Wildman–Crippen LogP) is 4.44. The third-order valence-electron chi connectivity index (χ3n) is 5.59. The van der Waals surface area contributed by atoms with Crippen molar-refractivity contribution in [2.24, 2.45) is 0 Å². The second-order valence-corrected chi connectivity index (χ2v) is 7.65. The molecule has 0 unspecified atom stereocenters. The van der Waals surface area contributed by atoms with Crippen LogP contribution in [0, 0.1) is 0 Å². The molecular weight excluding hydrogens is 440 g/mol. The number of amides is 1. The number of hydrogen-bond acceptors (Lipinski definition) is 5. The molecular formula is C25H19F2N5O2. The molecule has 0 bridgehead atoms. The number of fused-ring (bicyclic) bond motifs is 3. The zero-order chi connectivity index (χ0) is 23.8. The fourth-order valence-corrected chi connectivity index (χ4v) is 4.01. The minimum Gasteiger partial charge on any atom is -0.322 e. The average molecular weight is 459 g/mol. The third-order valence-corrected chi connectivity index (χ3v) is 5.59. The SMILES string of the molecule is C=CC(=O)Nc1cc(-n2c(=O)ccc3cnc4ccc(N5C=CCN5)cc4c32)ccc1C(F)F. The normalized spacial score (nSPS) is 13.2. The van der Waals surface area contributed by atoms with Gasteiger partial charge in [-0.25, -0.2) is 14.2 Å². The topological polar surface area (TPSA) is 79.3 Å². The maximum Gasteiger partial charge on any atom is 0.265 e. The number of anilines is 2. The van der Waals surface area contributed by atoms with Crippen LogP contribution in [0.2, 0.25) is 0 Å². The Hall–Kier alpha value is -4.37. The Morgan fingerprint density at radius 2 is 1.97 bits per heavy atom. The van der Waals surface area contributed by atoms with Gasteiger partial charge in [0, 0.05) is 41.3 Å². The molecule has 9 heteroatoms. The second kappa shape index (κ2) is 8.53. The molecule has 2 aromatic carbocycles. The number of hydrazine groups is 1. The van der Waals surface area contributed by atoms with Crippen molar-refractivity contribution in [2.45, 2.75) is 6.43 Å². The molecule has 1 aliphatic heterocycles. The van der Waals surface area contributed by atoms with E-state index in [1.165, 1.54) is 28.8 Å². The number of carbonyl (C=O) groups excluding carboxylic acids is 1. The Kier molecular flexibility index (Phi) is 5.39. The summed E-state index contributed by atoms with van der Waals surface area (Å²) in [5.74, 6) is -0.630. The molecule has 3 heterocycles. The van der Waals surface area contributed by atoms with Crippen LogP contribution in [-0.4, -0.2) is 22.0 Å². The largest absolute Gasteiger partial charge is 0.322 e. The van der Waals surface area contributed by atoms with Gasteiger partial charge >= 0.3 is 0 Å². The molecule has 0 saturated heterocycles.